The molecule has 0 saturated carbocycles. The number of nitriles is 1. The SMILES string of the molecule is [C-]#[N+]c1c(C#N)c2ccc(-c3ccccc3)nc2c2nc(-c3cccc(-c4ccc5c(-c6ccccc6)c6ccccc6c(-c6ccccc6)c5c4)c3)ccc12. The molecule has 10 aromatic rings. The Morgan fingerprint density at radius 3 is 1.48 bits per heavy atom. The Morgan fingerprint density at radius 2 is 0.857 bits per heavy atom. The Kier molecular flexibility index (Phi) is 7.88. The summed E-state index contributed by atoms with van der Waals surface area (Å²) in [5.41, 5.74) is 12.2. The third-order valence-electron chi connectivity index (χ3n) is 10.7. The molecule has 0 bridgehead atoms. The van der Waals surface area contributed by atoms with E-state index in [2.05, 4.69) is 138 Å². The van der Waals surface area contributed by atoms with Crippen molar-refractivity contribution in [2.24, 2.45) is 0 Å². The molecular formula is C52H30N4. The van der Waals surface area contributed by atoms with Crippen LogP contribution in [-0.4, -0.2) is 9.97 Å². The number of fused-ring (bicyclic) bond motifs is 5. The zero-order valence-corrected chi connectivity index (χ0v) is 30.1. The number of benzene rings is 8. The van der Waals surface area contributed by atoms with E-state index in [4.69, 9.17) is 16.5 Å². The predicted molar refractivity (Wildman–Crippen MR) is 230 cm³/mol. The van der Waals surface area contributed by atoms with Crippen molar-refractivity contribution in [3.05, 3.63) is 199 Å². The first-order valence-electron chi connectivity index (χ1n) is 18.5. The summed E-state index contributed by atoms with van der Waals surface area (Å²) >= 11 is 0. The molecule has 0 amide bonds. The second-order valence-electron chi connectivity index (χ2n) is 13.9. The fraction of sp³-hybridized carbons (Fsp3) is 0. The molecule has 0 N–H and O–H groups in total. The first-order chi connectivity index (χ1) is 27.7. The van der Waals surface area contributed by atoms with Crippen molar-refractivity contribution in [2.45, 2.75) is 0 Å². The maximum Gasteiger partial charge on any atom is 0.214 e. The van der Waals surface area contributed by atoms with Gasteiger partial charge in [-0.2, -0.15) is 5.26 Å². The molecule has 2 heterocycles. The molecule has 258 valence electrons. The number of hydrogen-bond acceptors (Lipinski definition) is 3. The normalized spacial score (nSPS) is 11.2. The highest BCUT2D eigenvalue weighted by atomic mass is 14.8. The summed E-state index contributed by atoms with van der Waals surface area (Å²) in [6.45, 7) is 8.02. The van der Waals surface area contributed by atoms with Crippen LogP contribution in [0.3, 0.4) is 0 Å². The lowest BCUT2D eigenvalue weighted by Crippen LogP contribution is -1.94. The Bertz CT molecular complexity index is 3250. The highest BCUT2D eigenvalue weighted by molar-refractivity contribution is 6.22. The number of aromatic nitrogens is 2. The molecule has 0 radical (unpaired) electrons. The van der Waals surface area contributed by atoms with E-state index in [0.717, 1.165) is 33.6 Å². The molecule has 0 unspecified atom stereocenters. The van der Waals surface area contributed by atoms with E-state index in [9.17, 15) is 5.26 Å². The summed E-state index contributed by atoms with van der Waals surface area (Å²) in [5.74, 6) is 0. The van der Waals surface area contributed by atoms with Gasteiger partial charge in [-0.3, -0.25) is 0 Å². The van der Waals surface area contributed by atoms with Crippen LogP contribution in [0.25, 0.3) is 104 Å². The zero-order chi connectivity index (χ0) is 37.6. The van der Waals surface area contributed by atoms with Gasteiger partial charge in [0.05, 0.1) is 40.6 Å². The van der Waals surface area contributed by atoms with E-state index in [-0.39, 0.29) is 0 Å². The van der Waals surface area contributed by atoms with Crippen LogP contribution < -0.4 is 0 Å². The monoisotopic (exact) mass is 710 g/mol. The van der Waals surface area contributed by atoms with Crippen LogP contribution in [0.1, 0.15) is 5.56 Å². The molecule has 0 saturated heterocycles. The van der Waals surface area contributed by atoms with E-state index in [1.54, 1.807) is 0 Å². The van der Waals surface area contributed by atoms with Crippen LogP contribution in [0, 0.1) is 17.9 Å². The lowest BCUT2D eigenvalue weighted by molar-refractivity contribution is 1.36. The topological polar surface area (TPSA) is 53.9 Å². The van der Waals surface area contributed by atoms with E-state index >= 15 is 0 Å². The second kappa shape index (κ2) is 13.5. The molecule has 0 aliphatic rings. The third kappa shape index (κ3) is 5.37. The Hall–Kier alpha value is -7.92. The van der Waals surface area contributed by atoms with Crippen molar-refractivity contribution < 1.29 is 0 Å². The van der Waals surface area contributed by atoms with Crippen LogP contribution in [0.15, 0.2) is 182 Å². The highest BCUT2D eigenvalue weighted by Crippen LogP contribution is 2.45. The minimum Gasteiger partial charge on any atom is -0.247 e. The highest BCUT2D eigenvalue weighted by Gasteiger charge is 2.20. The molecular weight excluding hydrogens is 681 g/mol. The Morgan fingerprint density at radius 1 is 0.393 bits per heavy atom. The molecule has 2 aromatic heterocycles. The summed E-state index contributed by atoms with van der Waals surface area (Å²) < 4.78 is 0. The van der Waals surface area contributed by atoms with Gasteiger partial charge in [-0.1, -0.05) is 158 Å². The minimum absolute atomic E-state index is 0.296. The summed E-state index contributed by atoms with van der Waals surface area (Å²) in [6.07, 6.45) is 0. The van der Waals surface area contributed by atoms with Crippen LogP contribution in [0.4, 0.5) is 5.69 Å². The third-order valence-corrected chi connectivity index (χ3v) is 10.7. The van der Waals surface area contributed by atoms with Gasteiger partial charge in [-0.25, -0.2) is 14.8 Å². The molecule has 0 spiro atoms. The van der Waals surface area contributed by atoms with Crippen molar-refractivity contribution in [2.75, 3.05) is 0 Å². The first-order valence-corrected chi connectivity index (χ1v) is 18.5. The van der Waals surface area contributed by atoms with Gasteiger partial charge < -0.3 is 0 Å². The first kappa shape index (κ1) is 32.7. The molecule has 0 atom stereocenters. The zero-order valence-electron chi connectivity index (χ0n) is 30.1. The molecule has 4 heteroatoms. The maximum absolute atomic E-state index is 10.2. The van der Waals surface area contributed by atoms with Gasteiger partial charge >= 0.3 is 0 Å². The molecule has 0 aliphatic carbocycles. The smallest absolute Gasteiger partial charge is 0.214 e. The average molecular weight is 711 g/mol. The van der Waals surface area contributed by atoms with Gasteiger partial charge in [-0.15, -0.1) is 0 Å². The van der Waals surface area contributed by atoms with Crippen molar-refractivity contribution in [1.29, 1.82) is 5.26 Å². The summed E-state index contributed by atoms with van der Waals surface area (Å²) in [5, 5.41) is 16.3. The molecule has 4 nitrogen and oxygen atoms in total. The number of pyridine rings is 2. The second-order valence-corrected chi connectivity index (χ2v) is 13.9. The van der Waals surface area contributed by atoms with Crippen molar-refractivity contribution in [3.8, 4) is 62.0 Å². The molecule has 8 aromatic carbocycles. The molecule has 0 aliphatic heterocycles. The summed E-state index contributed by atoms with van der Waals surface area (Å²) in [6, 6.07) is 65.2. The van der Waals surface area contributed by atoms with Crippen molar-refractivity contribution >= 4 is 49.0 Å². The van der Waals surface area contributed by atoms with Gasteiger partial charge in [-0.05, 0) is 79.2 Å². The van der Waals surface area contributed by atoms with Gasteiger partial charge in [0.2, 0.25) is 5.69 Å². The van der Waals surface area contributed by atoms with Gasteiger partial charge in [0.15, 0.2) is 0 Å². The number of hydrogen-bond donors (Lipinski definition) is 0. The fourth-order valence-electron chi connectivity index (χ4n) is 8.14. The van der Waals surface area contributed by atoms with Crippen LogP contribution >= 0.6 is 0 Å². The van der Waals surface area contributed by atoms with Crippen LogP contribution in [0.5, 0.6) is 0 Å². The van der Waals surface area contributed by atoms with E-state index in [1.807, 2.05) is 54.6 Å². The Balaban J connectivity index is 1.17. The van der Waals surface area contributed by atoms with E-state index in [1.165, 1.54) is 43.8 Å². The predicted octanol–water partition coefficient (Wildman–Crippen LogP) is 13.8. The minimum atomic E-state index is 0.296. The molecule has 0 fully saturated rings. The van der Waals surface area contributed by atoms with Gasteiger partial charge in [0, 0.05) is 21.9 Å². The largest absolute Gasteiger partial charge is 0.247 e. The Labute approximate surface area is 324 Å². The summed E-state index contributed by atoms with van der Waals surface area (Å²) in [4.78, 5) is 14.1. The lowest BCUT2D eigenvalue weighted by Gasteiger charge is -2.19. The van der Waals surface area contributed by atoms with E-state index < -0.39 is 0 Å². The van der Waals surface area contributed by atoms with Gasteiger partial charge in [0.25, 0.3) is 0 Å². The van der Waals surface area contributed by atoms with Crippen molar-refractivity contribution in [1.82, 2.24) is 9.97 Å². The van der Waals surface area contributed by atoms with Crippen molar-refractivity contribution in [3.63, 3.8) is 0 Å². The average Bonchev–Trinajstić information content (AvgIpc) is 3.28. The maximum atomic E-state index is 10.2. The standard InChI is InChI=1S/C52H30N4/c1-54-50-43-27-29-47(56-52(43)51-42(45(50)32-53)26-28-46(55-51)33-14-5-2-6-15-33)38-21-13-20-36(30-38)37-24-25-41-44(31-37)49(35-18-9-4-10-19-35)40-23-12-11-22-39(40)48(41)34-16-7-3-8-17-34/h2-31H. The number of nitrogens with zero attached hydrogens (tertiary/aromatic N) is 4. The number of rotatable bonds is 5. The molecule has 56 heavy (non-hydrogen) atoms. The van der Waals surface area contributed by atoms with E-state index in [0.29, 0.717) is 33.1 Å². The van der Waals surface area contributed by atoms with Gasteiger partial charge in [0.1, 0.15) is 0 Å². The van der Waals surface area contributed by atoms with Crippen LogP contribution in [-0.2, 0) is 0 Å². The molecule has 10 rings (SSSR count). The fourth-order valence-corrected chi connectivity index (χ4v) is 8.14. The lowest BCUT2D eigenvalue weighted by atomic mass is 9.85. The quantitative estimate of drug-likeness (QED) is 0.101. The van der Waals surface area contributed by atoms with Crippen LogP contribution in [0.2, 0.25) is 0 Å². The summed E-state index contributed by atoms with van der Waals surface area (Å²) in [7, 11) is 0.